The molecule has 17 heavy (non-hydrogen) atoms. The minimum absolute atomic E-state index is 0.578. The molecule has 2 atom stereocenters. The van der Waals surface area contributed by atoms with Crippen molar-refractivity contribution in [2.24, 2.45) is 0 Å². The van der Waals surface area contributed by atoms with E-state index in [4.69, 9.17) is 11.6 Å². The second-order valence-corrected chi connectivity index (χ2v) is 5.29. The van der Waals surface area contributed by atoms with Gasteiger partial charge in [-0.2, -0.15) is 0 Å². The van der Waals surface area contributed by atoms with Crippen molar-refractivity contribution in [3.8, 4) is 0 Å². The third-order valence-corrected chi connectivity index (χ3v) is 3.97. The molecular weight excluding hydrogens is 232 g/mol. The standard InChI is InChI=1S/C14H21ClN2/c1-3-13-10-17(11(2)8-16-13)9-12-6-4-5-7-14(12)15/h4-7,11,13,16H,3,8-10H2,1-2H3. The number of nitrogens with one attached hydrogen (secondary N) is 1. The highest BCUT2D eigenvalue weighted by Crippen LogP contribution is 2.19. The van der Waals surface area contributed by atoms with Gasteiger partial charge >= 0.3 is 0 Å². The summed E-state index contributed by atoms with van der Waals surface area (Å²) in [7, 11) is 0. The number of hydrogen-bond donors (Lipinski definition) is 1. The lowest BCUT2D eigenvalue weighted by Gasteiger charge is -2.38. The Bertz CT molecular complexity index is 367. The average molecular weight is 253 g/mol. The molecule has 0 spiro atoms. The van der Waals surface area contributed by atoms with E-state index in [-0.39, 0.29) is 0 Å². The van der Waals surface area contributed by atoms with Gasteiger partial charge in [-0.3, -0.25) is 4.90 Å². The predicted octanol–water partition coefficient (Wildman–Crippen LogP) is 2.91. The van der Waals surface area contributed by atoms with Crippen LogP contribution < -0.4 is 5.32 Å². The van der Waals surface area contributed by atoms with Crippen LogP contribution in [0.25, 0.3) is 0 Å². The summed E-state index contributed by atoms with van der Waals surface area (Å²) in [5.74, 6) is 0. The fourth-order valence-corrected chi connectivity index (χ4v) is 2.53. The quantitative estimate of drug-likeness (QED) is 0.890. The van der Waals surface area contributed by atoms with Crippen molar-refractivity contribution in [2.45, 2.75) is 38.9 Å². The molecule has 1 saturated heterocycles. The minimum Gasteiger partial charge on any atom is -0.311 e. The van der Waals surface area contributed by atoms with Gasteiger partial charge in [0.25, 0.3) is 0 Å². The van der Waals surface area contributed by atoms with Gasteiger partial charge in [-0.1, -0.05) is 36.7 Å². The Morgan fingerprint density at radius 1 is 1.41 bits per heavy atom. The topological polar surface area (TPSA) is 15.3 Å². The summed E-state index contributed by atoms with van der Waals surface area (Å²) in [4.78, 5) is 2.52. The molecule has 2 rings (SSSR count). The number of rotatable bonds is 3. The first-order valence-corrected chi connectivity index (χ1v) is 6.79. The van der Waals surface area contributed by atoms with Crippen LogP contribution in [-0.4, -0.2) is 30.1 Å². The van der Waals surface area contributed by atoms with Crippen LogP contribution in [0.2, 0.25) is 5.02 Å². The summed E-state index contributed by atoms with van der Waals surface area (Å²) < 4.78 is 0. The van der Waals surface area contributed by atoms with Gasteiger partial charge in [0, 0.05) is 36.7 Å². The lowest BCUT2D eigenvalue weighted by molar-refractivity contribution is 0.131. The Hall–Kier alpha value is -0.570. The highest BCUT2D eigenvalue weighted by Gasteiger charge is 2.24. The first-order valence-electron chi connectivity index (χ1n) is 6.41. The van der Waals surface area contributed by atoms with Crippen LogP contribution in [0.1, 0.15) is 25.8 Å². The van der Waals surface area contributed by atoms with Crippen molar-refractivity contribution < 1.29 is 0 Å². The molecule has 2 nitrogen and oxygen atoms in total. The number of benzene rings is 1. The molecule has 1 aliphatic heterocycles. The lowest BCUT2D eigenvalue weighted by atomic mass is 10.1. The van der Waals surface area contributed by atoms with E-state index >= 15 is 0 Å². The van der Waals surface area contributed by atoms with Crippen molar-refractivity contribution >= 4 is 11.6 Å². The van der Waals surface area contributed by atoms with E-state index < -0.39 is 0 Å². The normalized spacial score (nSPS) is 26.1. The predicted molar refractivity (Wildman–Crippen MR) is 73.4 cm³/mol. The molecule has 0 radical (unpaired) electrons. The third-order valence-electron chi connectivity index (χ3n) is 3.60. The number of piperazine rings is 1. The second-order valence-electron chi connectivity index (χ2n) is 4.88. The lowest BCUT2D eigenvalue weighted by Crippen LogP contribution is -2.54. The molecule has 1 aliphatic rings. The summed E-state index contributed by atoms with van der Waals surface area (Å²) in [6.45, 7) is 7.65. The highest BCUT2D eigenvalue weighted by atomic mass is 35.5. The van der Waals surface area contributed by atoms with Crippen LogP contribution in [-0.2, 0) is 6.54 Å². The van der Waals surface area contributed by atoms with Gasteiger partial charge in [0.15, 0.2) is 0 Å². The monoisotopic (exact) mass is 252 g/mol. The fourth-order valence-electron chi connectivity index (χ4n) is 2.33. The molecule has 0 aliphatic carbocycles. The molecule has 1 fully saturated rings. The van der Waals surface area contributed by atoms with Crippen LogP contribution >= 0.6 is 11.6 Å². The van der Waals surface area contributed by atoms with Gasteiger partial charge in [-0.15, -0.1) is 0 Å². The minimum atomic E-state index is 0.578. The van der Waals surface area contributed by atoms with Gasteiger partial charge in [0.1, 0.15) is 0 Å². The molecule has 1 heterocycles. The molecule has 3 heteroatoms. The van der Waals surface area contributed by atoms with Crippen molar-refractivity contribution in [1.29, 1.82) is 0 Å². The van der Waals surface area contributed by atoms with Crippen LogP contribution in [0.15, 0.2) is 24.3 Å². The van der Waals surface area contributed by atoms with Crippen molar-refractivity contribution in [2.75, 3.05) is 13.1 Å². The van der Waals surface area contributed by atoms with Crippen LogP contribution in [0.4, 0.5) is 0 Å². The van der Waals surface area contributed by atoms with E-state index in [2.05, 4.69) is 36.2 Å². The van der Waals surface area contributed by atoms with Gasteiger partial charge in [-0.25, -0.2) is 0 Å². The van der Waals surface area contributed by atoms with E-state index in [1.807, 2.05) is 12.1 Å². The molecule has 2 unspecified atom stereocenters. The number of halogens is 1. The maximum atomic E-state index is 6.22. The van der Waals surface area contributed by atoms with Crippen molar-refractivity contribution in [3.63, 3.8) is 0 Å². The molecule has 0 aromatic heterocycles. The summed E-state index contributed by atoms with van der Waals surface area (Å²) >= 11 is 6.22. The van der Waals surface area contributed by atoms with Crippen LogP contribution in [0.3, 0.4) is 0 Å². The maximum Gasteiger partial charge on any atom is 0.0451 e. The third kappa shape index (κ3) is 3.21. The molecule has 1 N–H and O–H groups in total. The Morgan fingerprint density at radius 2 is 2.18 bits per heavy atom. The van der Waals surface area contributed by atoms with Crippen molar-refractivity contribution in [3.05, 3.63) is 34.9 Å². The van der Waals surface area contributed by atoms with E-state index in [9.17, 15) is 0 Å². The van der Waals surface area contributed by atoms with E-state index in [0.717, 1.165) is 24.7 Å². The Balaban J connectivity index is 2.04. The molecule has 0 amide bonds. The van der Waals surface area contributed by atoms with Crippen LogP contribution in [0.5, 0.6) is 0 Å². The number of nitrogens with zero attached hydrogens (tertiary/aromatic N) is 1. The first-order chi connectivity index (χ1) is 8.20. The fraction of sp³-hybridized carbons (Fsp3) is 0.571. The van der Waals surface area contributed by atoms with Crippen molar-refractivity contribution in [1.82, 2.24) is 10.2 Å². The highest BCUT2D eigenvalue weighted by molar-refractivity contribution is 6.31. The zero-order valence-corrected chi connectivity index (χ0v) is 11.4. The summed E-state index contributed by atoms with van der Waals surface area (Å²) in [6, 6.07) is 9.34. The Labute approximate surface area is 109 Å². The smallest absolute Gasteiger partial charge is 0.0451 e. The summed E-state index contributed by atoms with van der Waals surface area (Å²) in [5, 5.41) is 4.46. The summed E-state index contributed by atoms with van der Waals surface area (Å²) in [6.07, 6.45) is 1.19. The maximum absolute atomic E-state index is 6.22. The molecule has 1 aromatic rings. The zero-order chi connectivity index (χ0) is 12.3. The van der Waals surface area contributed by atoms with Gasteiger partial charge < -0.3 is 5.32 Å². The van der Waals surface area contributed by atoms with E-state index in [1.165, 1.54) is 12.0 Å². The molecule has 1 aromatic carbocycles. The second kappa shape index (κ2) is 5.85. The Kier molecular flexibility index (Phi) is 4.43. The average Bonchev–Trinajstić information content (AvgIpc) is 2.35. The molecule has 0 saturated carbocycles. The molecule has 94 valence electrons. The molecule has 0 bridgehead atoms. The van der Waals surface area contributed by atoms with Gasteiger partial charge in [0.05, 0.1) is 0 Å². The SMILES string of the molecule is CCC1CN(Cc2ccccc2Cl)C(C)CN1. The molecular formula is C14H21ClN2. The number of hydrogen-bond acceptors (Lipinski definition) is 2. The van der Waals surface area contributed by atoms with Crippen LogP contribution in [0, 0.1) is 0 Å². The summed E-state index contributed by atoms with van der Waals surface area (Å²) in [5.41, 5.74) is 1.23. The largest absolute Gasteiger partial charge is 0.311 e. The van der Waals surface area contributed by atoms with E-state index in [1.54, 1.807) is 0 Å². The van der Waals surface area contributed by atoms with E-state index in [0.29, 0.717) is 12.1 Å². The van der Waals surface area contributed by atoms with Gasteiger partial charge in [0.2, 0.25) is 0 Å². The first kappa shape index (κ1) is 12.9. The van der Waals surface area contributed by atoms with Gasteiger partial charge in [-0.05, 0) is 25.0 Å². The zero-order valence-electron chi connectivity index (χ0n) is 10.6. The Morgan fingerprint density at radius 3 is 2.88 bits per heavy atom.